The first kappa shape index (κ1) is 35.5. The maximum absolute atomic E-state index is 14.7. The number of halogens is 3. The highest BCUT2D eigenvalue weighted by molar-refractivity contribution is 5.82. The van der Waals surface area contributed by atoms with Gasteiger partial charge in [0.05, 0.1) is 18.0 Å². The van der Waals surface area contributed by atoms with E-state index < -0.39 is 35.8 Å². The number of aromatic nitrogens is 4. The van der Waals surface area contributed by atoms with Crippen LogP contribution in [0.15, 0.2) is 66.9 Å². The predicted octanol–water partition coefficient (Wildman–Crippen LogP) is 6.10. The van der Waals surface area contributed by atoms with Crippen molar-refractivity contribution in [3.05, 3.63) is 89.2 Å². The Morgan fingerprint density at radius 1 is 1.02 bits per heavy atom. The number of nitrogens with zero attached hydrogens (tertiary/aromatic N) is 6. The average molecular weight is 708 g/mol. The van der Waals surface area contributed by atoms with E-state index in [0.717, 1.165) is 11.1 Å². The number of likely N-dealkylation sites (tertiary alicyclic amines) is 1. The summed E-state index contributed by atoms with van der Waals surface area (Å²) in [6, 6.07) is 16.1. The van der Waals surface area contributed by atoms with E-state index in [-0.39, 0.29) is 36.3 Å². The number of rotatable bonds is 9. The zero-order valence-corrected chi connectivity index (χ0v) is 28.6. The second kappa shape index (κ2) is 14.5. The predicted molar refractivity (Wildman–Crippen MR) is 181 cm³/mol. The molecule has 2 fully saturated rings. The molecule has 2 aliphatic rings. The molecule has 15 heteroatoms. The molecule has 1 amide bonds. The number of nitrogens with two attached hydrogens (primary N) is 1. The van der Waals surface area contributed by atoms with Crippen molar-refractivity contribution in [3.8, 4) is 11.6 Å². The van der Waals surface area contributed by atoms with Crippen molar-refractivity contribution >= 4 is 23.8 Å². The number of hydrogen-bond donors (Lipinski definition) is 1. The summed E-state index contributed by atoms with van der Waals surface area (Å²) in [5.41, 5.74) is 7.91. The molecule has 0 bridgehead atoms. The first-order chi connectivity index (χ1) is 24.3. The van der Waals surface area contributed by atoms with Gasteiger partial charge in [-0.3, -0.25) is 4.90 Å². The molecule has 2 aromatic heterocycles. The summed E-state index contributed by atoms with van der Waals surface area (Å²) in [6.07, 6.45) is -4.68. The van der Waals surface area contributed by atoms with Crippen LogP contribution in [0.5, 0.6) is 5.88 Å². The van der Waals surface area contributed by atoms with Crippen LogP contribution in [-0.2, 0) is 20.9 Å². The van der Waals surface area contributed by atoms with Crippen molar-refractivity contribution < 1.29 is 37.0 Å². The van der Waals surface area contributed by atoms with Crippen LogP contribution < -0.4 is 15.4 Å². The zero-order chi connectivity index (χ0) is 36.3. The third kappa shape index (κ3) is 8.02. The molecule has 0 radical (unpaired) electrons. The number of anilines is 2. The van der Waals surface area contributed by atoms with Crippen molar-refractivity contribution in [1.82, 2.24) is 24.6 Å². The van der Waals surface area contributed by atoms with Gasteiger partial charge >= 0.3 is 18.2 Å². The van der Waals surface area contributed by atoms with Gasteiger partial charge in [0.2, 0.25) is 17.9 Å². The summed E-state index contributed by atoms with van der Waals surface area (Å²) in [6.45, 7) is 6.64. The van der Waals surface area contributed by atoms with Crippen LogP contribution in [0.1, 0.15) is 54.7 Å². The molecule has 270 valence electrons. The minimum atomic E-state index is -4.81. The molecule has 2 aliphatic heterocycles. The van der Waals surface area contributed by atoms with Gasteiger partial charge in [0, 0.05) is 37.5 Å². The number of esters is 1. The Balaban J connectivity index is 1.19. The van der Waals surface area contributed by atoms with Gasteiger partial charge in [0.25, 0.3) is 0 Å². The second-order valence-corrected chi connectivity index (χ2v) is 13.1. The number of aryl methyl sites for hydroxylation is 2. The third-order valence-electron chi connectivity index (χ3n) is 9.33. The molecule has 2 saturated heterocycles. The number of nitrogen functional groups attached to an aromatic ring is 1. The molecule has 2 N–H and O–H groups in total. The van der Waals surface area contributed by atoms with Crippen molar-refractivity contribution in [2.45, 2.75) is 65.0 Å². The number of amides is 1. The lowest BCUT2D eigenvalue weighted by molar-refractivity contribution is -0.198. The Kier molecular flexibility index (Phi) is 10.1. The molecule has 0 aliphatic carbocycles. The fraction of sp³-hybridized carbons (Fsp3) is 0.417. The minimum Gasteiger partial charge on any atom is -0.464 e. The maximum Gasteiger partial charge on any atom is 0.429 e. The molecule has 0 saturated carbocycles. The lowest BCUT2D eigenvalue weighted by atomic mass is 9.76. The molecule has 4 aromatic rings. The van der Waals surface area contributed by atoms with Crippen molar-refractivity contribution in [1.29, 1.82) is 0 Å². The number of carbonyl (C=O) groups excluding carboxylic acids is 2. The quantitative estimate of drug-likeness (QED) is 0.203. The summed E-state index contributed by atoms with van der Waals surface area (Å²) in [7, 11) is 0. The Labute approximate surface area is 293 Å². The van der Waals surface area contributed by atoms with Crippen LogP contribution in [0.3, 0.4) is 0 Å². The lowest BCUT2D eigenvalue weighted by Crippen LogP contribution is -2.43. The highest BCUT2D eigenvalue weighted by Crippen LogP contribution is 2.45. The molecule has 12 nitrogen and oxygen atoms in total. The van der Waals surface area contributed by atoms with Gasteiger partial charge in [-0.2, -0.15) is 28.2 Å². The Morgan fingerprint density at radius 2 is 1.76 bits per heavy atom. The first-order valence-corrected chi connectivity index (χ1v) is 16.7. The van der Waals surface area contributed by atoms with Crippen LogP contribution in [0.2, 0.25) is 0 Å². The Morgan fingerprint density at radius 3 is 2.43 bits per heavy atom. The van der Waals surface area contributed by atoms with E-state index in [2.05, 4.69) is 15.1 Å². The standard InChI is InChI=1S/C36H40F3N7O5/c1-4-49-32(47)28-20-35(22-45(28)34(48)50-21-25-8-6-5-7-9-25)13-16-44(17-14-35)29-19-30(42-33(40)41-29)51-31(36(37,38)39)26-11-10-23(2)18-27(26)46-15-12-24(3)43-46/h5-12,15,18-19,28,31H,4,13-14,16-17,20-22H2,1-3H3,(H2,40,41,42)/t28-,31+/m0/s1. The lowest BCUT2D eigenvalue weighted by Gasteiger charge is -2.39. The number of ether oxygens (including phenoxy) is 3. The molecular weight excluding hydrogens is 667 g/mol. The van der Waals surface area contributed by atoms with E-state index in [4.69, 9.17) is 19.9 Å². The number of benzene rings is 2. The highest BCUT2D eigenvalue weighted by Gasteiger charge is 2.51. The van der Waals surface area contributed by atoms with E-state index in [1.54, 1.807) is 45.2 Å². The van der Waals surface area contributed by atoms with E-state index in [9.17, 15) is 22.8 Å². The number of alkyl halides is 3. The second-order valence-electron chi connectivity index (χ2n) is 13.1. The molecule has 6 rings (SSSR count). The monoisotopic (exact) mass is 707 g/mol. The fourth-order valence-corrected chi connectivity index (χ4v) is 6.77. The summed E-state index contributed by atoms with van der Waals surface area (Å²) in [5.74, 6) is -0.762. The van der Waals surface area contributed by atoms with Crippen LogP contribution in [0, 0.1) is 19.3 Å². The smallest absolute Gasteiger partial charge is 0.429 e. The van der Waals surface area contributed by atoms with E-state index in [1.165, 1.54) is 21.7 Å². The zero-order valence-electron chi connectivity index (χ0n) is 28.6. The van der Waals surface area contributed by atoms with Gasteiger partial charge in [0.1, 0.15) is 18.5 Å². The maximum atomic E-state index is 14.7. The van der Waals surface area contributed by atoms with Crippen LogP contribution in [0.25, 0.3) is 5.69 Å². The van der Waals surface area contributed by atoms with Crippen LogP contribution >= 0.6 is 0 Å². The highest BCUT2D eigenvalue weighted by atomic mass is 19.4. The Bertz CT molecular complexity index is 1860. The van der Waals surface area contributed by atoms with Gasteiger partial charge in [-0.1, -0.05) is 42.5 Å². The van der Waals surface area contributed by atoms with E-state index in [0.29, 0.717) is 50.4 Å². The summed E-state index contributed by atoms with van der Waals surface area (Å²) in [4.78, 5) is 37.9. The normalized spacial score (nSPS) is 17.7. The van der Waals surface area contributed by atoms with Gasteiger partial charge in [-0.25, -0.2) is 14.3 Å². The molecule has 1 spiro atoms. The van der Waals surface area contributed by atoms with Gasteiger partial charge in [-0.15, -0.1) is 0 Å². The minimum absolute atomic E-state index is 0.0649. The summed E-state index contributed by atoms with van der Waals surface area (Å²) in [5, 5.41) is 4.32. The molecule has 51 heavy (non-hydrogen) atoms. The average Bonchev–Trinajstić information content (AvgIpc) is 3.70. The van der Waals surface area contributed by atoms with Gasteiger partial charge < -0.3 is 24.8 Å². The topological polar surface area (TPSA) is 138 Å². The molecule has 2 aromatic carbocycles. The fourth-order valence-electron chi connectivity index (χ4n) is 6.77. The third-order valence-corrected chi connectivity index (χ3v) is 9.33. The van der Waals surface area contributed by atoms with Crippen molar-refractivity contribution in [2.75, 3.05) is 36.9 Å². The molecule has 4 heterocycles. The largest absolute Gasteiger partial charge is 0.464 e. The summed E-state index contributed by atoms with van der Waals surface area (Å²) >= 11 is 0. The number of carbonyl (C=O) groups is 2. The molecular formula is C36H40F3N7O5. The van der Waals surface area contributed by atoms with Crippen LogP contribution in [-0.4, -0.2) is 75.2 Å². The van der Waals surface area contributed by atoms with E-state index >= 15 is 0 Å². The van der Waals surface area contributed by atoms with Crippen molar-refractivity contribution in [3.63, 3.8) is 0 Å². The molecule has 0 unspecified atom stereocenters. The number of hydrogen-bond acceptors (Lipinski definition) is 10. The molecule has 2 atom stereocenters. The Hall–Kier alpha value is -5.34. The van der Waals surface area contributed by atoms with Gasteiger partial charge in [0.15, 0.2) is 0 Å². The summed E-state index contributed by atoms with van der Waals surface area (Å²) < 4.78 is 61.9. The van der Waals surface area contributed by atoms with Gasteiger partial charge in [-0.05, 0) is 68.7 Å². The van der Waals surface area contributed by atoms with Crippen molar-refractivity contribution in [2.24, 2.45) is 5.41 Å². The first-order valence-electron chi connectivity index (χ1n) is 16.7. The SMILES string of the molecule is CCOC(=O)[C@@H]1CC2(CCN(c3cc(O[C@H](c4ccc(C)cc4-n4ccc(C)n4)C(F)(F)F)nc(N)n3)CC2)CN1C(=O)OCc1ccccc1. The number of piperidine rings is 1. The van der Waals surface area contributed by atoms with Crippen LogP contribution in [0.4, 0.5) is 29.7 Å². The van der Waals surface area contributed by atoms with E-state index in [1.807, 2.05) is 35.2 Å².